The van der Waals surface area contributed by atoms with Gasteiger partial charge in [0, 0.05) is 13.1 Å². The van der Waals surface area contributed by atoms with Crippen molar-refractivity contribution in [3.63, 3.8) is 0 Å². The smallest absolute Gasteiger partial charge is 0.332 e. The van der Waals surface area contributed by atoms with E-state index in [1.54, 1.807) is 13.8 Å². The molecule has 9 nitrogen and oxygen atoms in total. The van der Waals surface area contributed by atoms with Crippen LogP contribution in [0.3, 0.4) is 0 Å². The third kappa shape index (κ3) is 4.99. The van der Waals surface area contributed by atoms with Crippen molar-refractivity contribution in [3.05, 3.63) is 62.3 Å². The number of esters is 1. The van der Waals surface area contributed by atoms with E-state index in [1.807, 2.05) is 35.2 Å². The number of aromatic nitrogens is 2. The Balaban J connectivity index is 1.90. The Morgan fingerprint density at radius 2 is 1.84 bits per heavy atom. The van der Waals surface area contributed by atoms with Crippen molar-refractivity contribution in [2.24, 2.45) is 5.92 Å². The summed E-state index contributed by atoms with van der Waals surface area (Å²) >= 11 is 0. The van der Waals surface area contributed by atoms with E-state index in [2.05, 4.69) is 0 Å². The van der Waals surface area contributed by atoms with Crippen LogP contribution in [0.15, 0.2) is 39.9 Å². The number of carbonyl (C=O) groups excluding carboxylic acids is 2. The molecule has 0 amide bonds. The van der Waals surface area contributed by atoms with Crippen LogP contribution in [-0.2, 0) is 22.6 Å². The summed E-state index contributed by atoms with van der Waals surface area (Å²) in [6.07, 6.45) is 1.45. The van der Waals surface area contributed by atoms with Gasteiger partial charge in [0.25, 0.3) is 5.56 Å². The highest BCUT2D eigenvalue weighted by Gasteiger charge is 2.30. The molecule has 172 valence electrons. The molecule has 2 aromatic rings. The van der Waals surface area contributed by atoms with Gasteiger partial charge >= 0.3 is 11.7 Å². The Morgan fingerprint density at radius 1 is 1.12 bits per heavy atom. The summed E-state index contributed by atoms with van der Waals surface area (Å²) in [6, 6.07) is 9.24. The van der Waals surface area contributed by atoms with Crippen molar-refractivity contribution in [1.82, 2.24) is 14.0 Å². The predicted octanol–water partition coefficient (Wildman–Crippen LogP) is 1.12. The molecule has 1 saturated heterocycles. The molecule has 3 rings (SSSR count). The quantitative estimate of drug-likeness (QED) is 0.481. The van der Waals surface area contributed by atoms with E-state index < -0.39 is 17.0 Å². The fraction of sp³-hybridized carbons (Fsp3) is 0.478. The van der Waals surface area contributed by atoms with Crippen LogP contribution < -0.4 is 17.0 Å². The lowest BCUT2D eigenvalue weighted by molar-refractivity contribution is -0.149. The van der Waals surface area contributed by atoms with Crippen molar-refractivity contribution >= 4 is 17.6 Å². The van der Waals surface area contributed by atoms with Crippen molar-refractivity contribution < 1.29 is 14.3 Å². The van der Waals surface area contributed by atoms with Crippen LogP contribution >= 0.6 is 0 Å². The first-order chi connectivity index (χ1) is 15.4. The summed E-state index contributed by atoms with van der Waals surface area (Å²) < 4.78 is 7.41. The van der Waals surface area contributed by atoms with Gasteiger partial charge in [-0.05, 0) is 38.8 Å². The molecular weight excluding hydrogens is 412 g/mol. The molecule has 0 radical (unpaired) electrons. The summed E-state index contributed by atoms with van der Waals surface area (Å²) in [4.78, 5) is 52.9. The number of nitrogens with two attached hydrogens (primary N) is 1. The number of ketones is 1. The van der Waals surface area contributed by atoms with Crippen LogP contribution in [0.1, 0.15) is 42.6 Å². The minimum atomic E-state index is -0.678. The molecule has 1 aliphatic rings. The maximum Gasteiger partial charge on any atom is 0.332 e. The van der Waals surface area contributed by atoms with Crippen LogP contribution in [0.25, 0.3) is 0 Å². The topological polar surface area (TPSA) is 117 Å². The fourth-order valence-corrected chi connectivity index (χ4v) is 4.11. The summed E-state index contributed by atoms with van der Waals surface area (Å²) in [5, 5.41) is 0. The number of hydrogen-bond acceptors (Lipinski definition) is 7. The number of carbonyl (C=O) groups is 2. The number of likely N-dealkylation sites (tertiary alicyclic amines) is 1. The number of ether oxygens (including phenoxy) is 1. The maximum absolute atomic E-state index is 13.2. The molecule has 2 heterocycles. The molecule has 32 heavy (non-hydrogen) atoms. The minimum absolute atomic E-state index is 0.0530. The number of nitrogens with zero attached hydrogens (tertiary/aromatic N) is 3. The Labute approximate surface area is 186 Å². The van der Waals surface area contributed by atoms with E-state index in [-0.39, 0.29) is 42.9 Å². The van der Waals surface area contributed by atoms with Gasteiger partial charge in [0.05, 0.1) is 25.6 Å². The van der Waals surface area contributed by atoms with Crippen molar-refractivity contribution in [2.75, 3.05) is 32.0 Å². The number of nitrogen functional groups attached to an aromatic ring is 1. The first-order valence-corrected chi connectivity index (χ1v) is 11.0. The average molecular weight is 443 g/mol. The number of rotatable bonds is 8. The number of piperidine rings is 1. The number of Topliss-reactive ketones (excluding diaryl/α,β-unsaturated/α-hetero) is 1. The lowest BCUT2D eigenvalue weighted by Crippen LogP contribution is -2.46. The molecule has 1 aliphatic heterocycles. The van der Waals surface area contributed by atoms with E-state index in [0.29, 0.717) is 26.1 Å². The van der Waals surface area contributed by atoms with Crippen LogP contribution in [0.4, 0.5) is 5.82 Å². The van der Waals surface area contributed by atoms with E-state index in [4.69, 9.17) is 10.5 Å². The molecule has 0 aliphatic carbocycles. The van der Waals surface area contributed by atoms with Gasteiger partial charge in [0.1, 0.15) is 11.4 Å². The van der Waals surface area contributed by atoms with Gasteiger partial charge in [-0.15, -0.1) is 0 Å². The zero-order chi connectivity index (χ0) is 23.3. The second-order valence-electron chi connectivity index (χ2n) is 7.91. The highest BCUT2D eigenvalue weighted by atomic mass is 16.5. The zero-order valence-corrected chi connectivity index (χ0v) is 18.6. The lowest BCUT2D eigenvalue weighted by Gasteiger charge is -2.31. The largest absolute Gasteiger partial charge is 0.466 e. The van der Waals surface area contributed by atoms with Crippen LogP contribution in [-0.4, -0.2) is 52.0 Å². The molecular formula is C23H30N4O5. The molecule has 1 fully saturated rings. The van der Waals surface area contributed by atoms with E-state index in [9.17, 15) is 19.2 Å². The predicted molar refractivity (Wildman–Crippen MR) is 121 cm³/mol. The van der Waals surface area contributed by atoms with Gasteiger partial charge in [0.2, 0.25) is 0 Å². The monoisotopic (exact) mass is 442 g/mol. The van der Waals surface area contributed by atoms with Gasteiger partial charge < -0.3 is 10.5 Å². The molecule has 1 unspecified atom stereocenters. The third-order valence-corrected chi connectivity index (χ3v) is 5.74. The van der Waals surface area contributed by atoms with Crippen molar-refractivity contribution in [2.45, 2.75) is 39.8 Å². The van der Waals surface area contributed by atoms with Gasteiger partial charge in [-0.3, -0.25) is 28.4 Å². The molecule has 1 atom stereocenters. The van der Waals surface area contributed by atoms with E-state index in [1.165, 1.54) is 4.57 Å². The zero-order valence-electron chi connectivity index (χ0n) is 18.6. The number of hydrogen-bond donors (Lipinski definition) is 1. The molecule has 1 aromatic heterocycles. The van der Waals surface area contributed by atoms with Crippen LogP contribution in [0.5, 0.6) is 0 Å². The average Bonchev–Trinajstić information content (AvgIpc) is 2.78. The number of benzene rings is 1. The minimum Gasteiger partial charge on any atom is -0.466 e. The molecule has 1 aromatic carbocycles. The van der Waals surface area contributed by atoms with Gasteiger partial charge in [0.15, 0.2) is 5.78 Å². The van der Waals surface area contributed by atoms with Gasteiger partial charge in [-0.1, -0.05) is 30.3 Å². The van der Waals surface area contributed by atoms with Crippen molar-refractivity contribution in [1.29, 1.82) is 0 Å². The summed E-state index contributed by atoms with van der Waals surface area (Å²) in [5.74, 6) is -1.15. The molecule has 0 bridgehead atoms. The molecule has 0 saturated carbocycles. The fourth-order valence-electron chi connectivity index (χ4n) is 4.11. The second-order valence-corrected chi connectivity index (χ2v) is 7.91. The van der Waals surface area contributed by atoms with Crippen LogP contribution in [0.2, 0.25) is 0 Å². The standard InChI is InChI=1S/C23H30N4O5/c1-3-26-21(29)19(20(24)27(23(26)31)13-16-9-6-5-7-10-16)18(28)15-25-12-8-11-17(14-25)22(30)32-4-2/h5-7,9-10,17H,3-4,8,11-15,24H2,1-2H3. The first-order valence-electron chi connectivity index (χ1n) is 11.0. The van der Waals surface area contributed by atoms with Crippen LogP contribution in [0, 0.1) is 5.92 Å². The van der Waals surface area contributed by atoms with Gasteiger partial charge in [-0.25, -0.2) is 4.79 Å². The molecule has 0 spiro atoms. The summed E-state index contributed by atoms with van der Waals surface area (Å²) in [7, 11) is 0. The van der Waals surface area contributed by atoms with Gasteiger partial charge in [-0.2, -0.15) is 0 Å². The Morgan fingerprint density at radius 3 is 2.50 bits per heavy atom. The highest BCUT2D eigenvalue weighted by molar-refractivity contribution is 6.01. The highest BCUT2D eigenvalue weighted by Crippen LogP contribution is 2.19. The third-order valence-electron chi connectivity index (χ3n) is 5.74. The second kappa shape index (κ2) is 10.4. The summed E-state index contributed by atoms with van der Waals surface area (Å²) in [6.45, 7) is 4.99. The Bertz CT molecular complexity index is 1090. The molecule has 2 N–H and O–H groups in total. The Hall–Kier alpha value is -3.20. The van der Waals surface area contributed by atoms with E-state index >= 15 is 0 Å². The first kappa shape index (κ1) is 23.5. The lowest BCUT2D eigenvalue weighted by atomic mass is 9.97. The normalized spacial score (nSPS) is 16.6. The SMILES string of the molecule is CCOC(=O)C1CCCN(CC(=O)c2c(N)n(Cc3ccccc3)c(=O)n(CC)c2=O)C1. The number of anilines is 1. The molecule has 9 heteroatoms. The van der Waals surface area contributed by atoms with E-state index in [0.717, 1.165) is 16.6 Å². The maximum atomic E-state index is 13.2. The summed E-state index contributed by atoms with van der Waals surface area (Å²) in [5.41, 5.74) is 5.64. The Kier molecular flexibility index (Phi) is 7.63. The van der Waals surface area contributed by atoms with Crippen molar-refractivity contribution in [3.8, 4) is 0 Å².